The molecule has 0 aliphatic rings. The Kier molecular flexibility index (Phi) is 7.32. The molecule has 0 fully saturated rings. The molecule has 2 aromatic rings. The molecule has 29 heavy (non-hydrogen) atoms. The zero-order chi connectivity index (χ0) is 21.7. The van der Waals surface area contributed by atoms with Crippen LogP contribution >= 0.6 is 0 Å². The molecule has 1 unspecified atom stereocenters. The summed E-state index contributed by atoms with van der Waals surface area (Å²) in [5, 5.41) is 0. The Labute approximate surface area is 164 Å². The molecular weight excluding hydrogens is 398 g/mol. The first kappa shape index (κ1) is 22.8. The van der Waals surface area contributed by atoms with Gasteiger partial charge in [-0.3, -0.25) is 4.79 Å². The summed E-state index contributed by atoms with van der Waals surface area (Å²) in [4.78, 5) is 12.3. The summed E-state index contributed by atoms with van der Waals surface area (Å²) in [6, 6.07) is 11.2. The van der Waals surface area contributed by atoms with E-state index in [1.165, 1.54) is 36.4 Å². The molecule has 0 amide bonds. The summed E-state index contributed by atoms with van der Waals surface area (Å²) in [5.74, 6) is -2.45. The minimum absolute atomic E-state index is 0.111. The fourth-order valence-corrected chi connectivity index (χ4v) is 2.72. The monoisotopic (exact) mass is 418 g/mol. The van der Waals surface area contributed by atoms with Crippen LogP contribution in [0.1, 0.15) is 46.7 Å². The maximum atomic E-state index is 13.5. The van der Waals surface area contributed by atoms with E-state index in [1.807, 2.05) is 0 Å². The van der Waals surface area contributed by atoms with Gasteiger partial charge in [0.1, 0.15) is 5.75 Å². The molecule has 0 bridgehead atoms. The Morgan fingerprint density at radius 3 is 2.03 bits per heavy atom. The standard InChI is InChI=1S/C21H20F6O2/c1-14-3-5-16(6-4-14)19(28)13-18(21(25,26)27)15-7-9-17(10-8-15)29-12-2-11-20(22,23)24/h3-10,18H,2,11-13H2,1H3. The molecule has 1 atom stereocenters. The molecular formula is C21H20F6O2. The molecule has 0 aliphatic heterocycles. The van der Waals surface area contributed by atoms with E-state index in [2.05, 4.69) is 0 Å². The number of aryl methyl sites for hydroxylation is 1. The smallest absolute Gasteiger partial charge is 0.396 e. The molecule has 2 aromatic carbocycles. The lowest BCUT2D eigenvalue weighted by atomic mass is 9.91. The summed E-state index contributed by atoms with van der Waals surface area (Å²) in [6.45, 7) is 1.60. The van der Waals surface area contributed by atoms with Crippen molar-refractivity contribution < 1.29 is 35.9 Å². The topological polar surface area (TPSA) is 26.3 Å². The molecule has 8 heteroatoms. The highest BCUT2D eigenvalue weighted by molar-refractivity contribution is 5.96. The largest absolute Gasteiger partial charge is 0.494 e. The van der Waals surface area contributed by atoms with Gasteiger partial charge in [0.2, 0.25) is 0 Å². The van der Waals surface area contributed by atoms with Crippen molar-refractivity contribution in [3.05, 3.63) is 65.2 Å². The average molecular weight is 418 g/mol. The van der Waals surface area contributed by atoms with Crippen LogP contribution in [0.2, 0.25) is 0 Å². The lowest BCUT2D eigenvalue weighted by molar-refractivity contribution is -0.149. The third kappa shape index (κ3) is 7.44. The van der Waals surface area contributed by atoms with Crippen LogP contribution in [0, 0.1) is 6.92 Å². The van der Waals surface area contributed by atoms with E-state index in [4.69, 9.17) is 4.74 Å². The number of hydrogen-bond acceptors (Lipinski definition) is 2. The van der Waals surface area contributed by atoms with Crippen LogP contribution in [0.5, 0.6) is 5.75 Å². The van der Waals surface area contributed by atoms with Crippen molar-refractivity contribution in [3.63, 3.8) is 0 Å². The second-order valence-corrected chi connectivity index (χ2v) is 6.72. The fraction of sp³-hybridized carbons (Fsp3) is 0.381. The van der Waals surface area contributed by atoms with Crippen molar-refractivity contribution in [1.29, 1.82) is 0 Å². The van der Waals surface area contributed by atoms with Gasteiger partial charge in [0.15, 0.2) is 5.78 Å². The predicted octanol–water partition coefficient (Wildman–Crippen LogP) is 6.64. The van der Waals surface area contributed by atoms with Crippen LogP contribution in [0.15, 0.2) is 48.5 Å². The highest BCUT2D eigenvalue weighted by atomic mass is 19.4. The van der Waals surface area contributed by atoms with E-state index in [-0.39, 0.29) is 29.9 Å². The highest BCUT2D eigenvalue weighted by Gasteiger charge is 2.42. The van der Waals surface area contributed by atoms with Gasteiger partial charge in [0.25, 0.3) is 0 Å². The van der Waals surface area contributed by atoms with E-state index >= 15 is 0 Å². The molecule has 0 radical (unpaired) electrons. The van der Waals surface area contributed by atoms with Crippen LogP contribution < -0.4 is 4.74 Å². The number of rotatable bonds is 8. The number of carbonyl (C=O) groups excluding carboxylic acids is 1. The third-order valence-corrected chi connectivity index (χ3v) is 4.31. The average Bonchev–Trinajstić information content (AvgIpc) is 2.62. The maximum Gasteiger partial charge on any atom is 0.396 e. The second kappa shape index (κ2) is 9.33. The molecule has 0 N–H and O–H groups in total. The minimum Gasteiger partial charge on any atom is -0.494 e. The first-order valence-corrected chi connectivity index (χ1v) is 8.92. The minimum atomic E-state index is -4.63. The Morgan fingerprint density at radius 1 is 0.931 bits per heavy atom. The van der Waals surface area contributed by atoms with Crippen molar-refractivity contribution >= 4 is 5.78 Å². The van der Waals surface area contributed by atoms with Crippen LogP contribution in [0.4, 0.5) is 26.3 Å². The van der Waals surface area contributed by atoms with Gasteiger partial charge in [-0.15, -0.1) is 0 Å². The van der Waals surface area contributed by atoms with E-state index in [0.29, 0.717) is 0 Å². The molecule has 0 aromatic heterocycles. The summed E-state index contributed by atoms with van der Waals surface area (Å²) in [7, 11) is 0. The van der Waals surface area contributed by atoms with Gasteiger partial charge < -0.3 is 4.74 Å². The van der Waals surface area contributed by atoms with Gasteiger partial charge in [-0.1, -0.05) is 42.0 Å². The van der Waals surface area contributed by atoms with Crippen molar-refractivity contribution in [2.24, 2.45) is 0 Å². The summed E-state index contributed by atoms with van der Waals surface area (Å²) < 4.78 is 82.0. The number of alkyl halides is 6. The quantitative estimate of drug-likeness (QED) is 0.273. The zero-order valence-corrected chi connectivity index (χ0v) is 15.6. The molecule has 158 valence electrons. The van der Waals surface area contributed by atoms with Gasteiger partial charge in [0, 0.05) is 18.4 Å². The SMILES string of the molecule is Cc1ccc(C(=O)CC(c2ccc(OCCCC(F)(F)F)cc2)C(F)(F)F)cc1. The maximum absolute atomic E-state index is 13.5. The van der Waals surface area contributed by atoms with Crippen LogP contribution in [-0.4, -0.2) is 24.7 Å². The van der Waals surface area contributed by atoms with Gasteiger partial charge in [-0.25, -0.2) is 0 Å². The first-order chi connectivity index (χ1) is 13.5. The second-order valence-electron chi connectivity index (χ2n) is 6.72. The molecule has 0 saturated heterocycles. The Morgan fingerprint density at radius 2 is 1.52 bits per heavy atom. The normalized spacial score (nSPS) is 13.2. The van der Waals surface area contributed by atoms with Gasteiger partial charge in [-0.05, 0) is 31.0 Å². The van der Waals surface area contributed by atoms with Crippen molar-refractivity contribution in [3.8, 4) is 5.75 Å². The number of hydrogen-bond donors (Lipinski definition) is 0. The first-order valence-electron chi connectivity index (χ1n) is 8.92. The Hall–Kier alpha value is -2.51. The number of Topliss-reactive ketones (excluding diaryl/α,β-unsaturated/α-hetero) is 1. The summed E-state index contributed by atoms with van der Waals surface area (Å²) >= 11 is 0. The molecule has 0 spiro atoms. The summed E-state index contributed by atoms with van der Waals surface area (Å²) in [6.07, 6.45) is -10.9. The highest BCUT2D eigenvalue weighted by Crippen LogP contribution is 2.38. The molecule has 0 aliphatic carbocycles. The predicted molar refractivity (Wildman–Crippen MR) is 96.1 cm³/mol. The van der Waals surface area contributed by atoms with E-state index in [9.17, 15) is 31.1 Å². The Balaban J connectivity index is 2.04. The summed E-state index contributed by atoms with van der Waals surface area (Å²) in [5.41, 5.74) is 0.981. The number of ketones is 1. The molecule has 2 nitrogen and oxygen atoms in total. The van der Waals surface area contributed by atoms with Crippen molar-refractivity contribution in [2.75, 3.05) is 6.61 Å². The van der Waals surface area contributed by atoms with Crippen LogP contribution in [-0.2, 0) is 0 Å². The van der Waals surface area contributed by atoms with Gasteiger partial charge in [-0.2, -0.15) is 26.3 Å². The lowest BCUT2D eigenvalue weighted by Gasteiger charge is -2.20. The van der Waals surface area contributed by atoms with E-state index < -0.39 is 36.9 Å². The number of halogens is 6. The zero-order valence-electron chi connectivity index (χ0n) is 15.6. The molecule has 2 rings (SSSR count). The van der Waals surface area contributed by atoms with Crippen molar-refractivity contribution in [2.45, 2.75) is 44.5 Å². The van der Waals surface area contributed by atoms with E-state index in [1.54, 1.807) is 19.1 Å². The fourth-order valence-electron chi connectivity index (χ4n) is 2.72. The number of carbonyl (C=O) groups is 1. The number of ether oxygens (including phenoxy) is 1. The third-order valence-electron chi connectivity index (χ3n) is 4.31. The van der Waals surface area contributed by atoms with Crippen molar-refractivity contribution in [1.82, 2.24) is 0 Å². The number of benzene rings is 2. The van der Waals surface area contributed by atoms with Crippen LogP contribution in [0.25, 0.3) is 0 Å². The van der Waals surface area contributed by atoms with Gasteiger partial charge in [0.05, 0.1) is 12.5 Å². The molecule has 0 heterocycles. The lowest BCUT2D eigenvalue weighted by Crippen LogP contribution is -2.23. The molecule has 0 saturated carbocycles. The van der Waals surface area contributed by atoms with E-state index in [0.717, 1.165) is 5.56 Å². The van der Waals surface area contributed by atoms with Crippen LogP contribution in [0.3, 0.4) is 0 Å². The van der Waals surface area contributed by atoms with Gasteiger partial charge >= 0.3 is 12.4 Å². The Bertz CT molecular complexity index is 792.